The van der Waals surface area contributed by atoms with E-state index in [1.807, 2.05) is 36.4 Å². The minimum absolute atomic E-state index is 0.0695. The van der Waals surface area contributed by atoms with Crippen molar-refractivity contribution in [3.63, 3.8) is 0 Å². The van der Waals surface area contributed by atoms with Gasteiger partial charge in [-0.25, -0.2) is 15.0 Å². The van der Waals surface area contributed by atoms with Crippen molar-refractivity contribution in [2.24, 2.45) is 0 Å². The van der Waals surface area contributed by atoms with Gasteiger partial charge in [0.05, 0.1) is 0 Å². The highest BCUT2D eigenvalue weighted by atomic mass is 15.2. The number of hydrogen-bond acceptors (Lipinski definition) is 5. The van der Waals surface area contributed by atoms with Crippen molar-refractivity contribution < 1.29 is 0 Å². The number of fused-ring (bicyclic) bond motifs is 4. The average molecular weight is 916 g/mol. The summed E-state index contributed by atoms with van der Waals surface area (Å²) in [6.45, 7) is 13.8. The molecule has 0 bridgehead atoms. The molecule has 6 heteroatoms. The standard InChI is InChI=1S/C65H54BN5/c1-64(2,3)50-31-37-54-56(41-50)70(52-33-27-45(28-34-52)43-19-11-7-12-20-43)58-39-49(63-68-61(47-23-15-9-16-24-47)67-62(69-63)48-25-17-10-18-26-48)40-59-60(58)66(54)55-38-32-51(65(4,5)6)42-57(55)71(59)53-35-29-46(30-36-53)44-21-13-8-14-22-44/h7-42H,1-6H3. The van der Waals surface area contributed by atoms with E-state index in [1.54, 1.807) is 0 Å². The van der Waals surface area contributed by atoms with E-state index in [0.29, 0.717) is 17.5 Å². The minimum atomic E-state index is -0.0908. The van der Waals surface area contributed by atoms with Crippen LogP contribution in [0.5, 0.6) is 0 Å². The molecule has 0 radical (unpaired) electrons. The third-order valence-electron chi connectivity index (χ3n) is 14.2. The summed E-state index contributed by atoms with van der Waals surface area (Å²) in [6, 6.07) is 79.0. The first-order valence-corrected chi connectivity index (χ1v) is 24.7. The summed E-state index contributed by atoms with van der Waals surface area (Å²) < 4.78 is 0. The topological polar surface area (TPSA) is 45.2 Å². The van der Waals surface area contributed by atoms with E-state index in [2.05, 4.69) is 233 Å². The highest BCUT2D eigenvalue weighted by molar-refractivity contribution is 7.00. The van der Waals surface area contributed by atoms with Gasteiger partial charge in [0.1, 0.15) is 0 Å². The van der Waals surface area contributed by atoms with Gasteiger partial charge in [0, 0.05) is 50.8 Å². The highest BCUT2D eigenvalue weighted by Crippen LogP contribution is 2.48. The van der Waals surface area contributed by atoms with E-state index in [4.69, 9.17) is 15.0 Å². The monoisotopic (exact) mass is 915 g/mol. The van der Waals surface area contributed by atoms with Crippen molar-refractivity contribution in [3.05, 3.63) is 230 Å². The largest absolute Gasteiger partial charge is 0.311 e. The predicted molar refractivity (Wildman–Crippen MR) is 298 cm³/mol. The summed E-state index contributed by atoms with van der Waals surface area (Å²) >= 11 is 0. The molecule has 0 saturated carbocycles. The van der Waals surface area contributed by atoms with Gasteiger partial charge in [0.25, 0.3) is 6.71 Å². The molecule has 0 saturated heterocycles. The summed E-state index contributed by atoms with van der Waals surface area (Å²) in [6.07, 6.45) is 0. The maximum absolute atomic E-state index is 5.37. The molecule has 9 aromatic carbocycles. The van der Waals surface area contributed by atoms with Gasteiger partial charge >= 0.3 is 0 Å². The number of anilines is 6. The Balaban J connectivity index is 1.17. The second-order valence-electron chi connectivity index (χ2n) is 20.9. The van der Waals surface area contributed by atoms with Crippen LogP contribution in [0.15, 0.2) is 218 Å². The summed E-state index contributed by atoms with van der Waals surface area (Å²) in [5, 5.41) is 0. The molecule has 71 heavy (non-hydrogen) atoms. The fourth-order valence-electron chi connectivity index (χ4n) is 10.4. The summed E-state index contributed by atoms with van der Waals surface area (Å²) in [4.78, 5) is 20.9. The summed E-state index contributed by atoms with van der Waals surface area (Å²) in [5.41, 5.74) is 20.3. The number of benzene rings is 9. The smallest absolute Gasteiger partial charge is 0.252 e. The number of hydrogen-bond donors (Lipinski definition) is 0. The Hall–Kier alpha value is -8.35. The maximum atomic E-state index is 5.37. The van der Waals surface area contributed by atoms with Crippen molar-refractivity contribution >= 4 is 57.2 Å². The molecule has 10 aromatic rings. The number of nitrogens with zero attached hydrogens (tertiary/aromatic N) is 5. The van der Waals surface area contributed by atoms with Crippen LogP contribution in [0.2, 0.25) is 0 Å². The van der Waals surface area contributed by atoms with Gasteiger partial charge in [-0.3, -0.25) is 0 Å². The van der Waals surface area contributed by atoms with Gasteiger partial charge in [-0.2, -0.15) is 0 Å². The Morgan fingerprint density at radius 3 is 0.986 bits per heavy atom. The zero-order valence-corrected chi connectivity index (χ0v) is 41.1. The molecule has 342 valence electrons. The van der Waals surface area contributed by atoms with Gasteiger partial charge in [0.2, 0.25) is 0 Å². The van der Waals surface area contributed by atoms with Crippen molar-refractivity contribution in [1.82, 2.24) is 15.0 Å². The van der Waals surface area contributed by atoms with Crippen LogP contribution in [0.4, 0.5) is 34.1 Å². The van der Waals surface area contributed by atoms with Gasteiger partial charge in [0.15, 0.2) is 17.5 Å². The Labute approximate surface area is 418 Å². The molecule has 1 aromatic heterocycles. The van der Waals surface area contributed by atoms with Crippen molar-refractivity contribution in [1.29, 1.82) is 0 Å². The molecular formula is C65H54BN5. The fourth-order valence-corrected chi connectivity index (χ4v) is 10.4. The predicted octanol–water partition coefficient (Wildman–Crippen LogP) is 14.9. The molecule has 0 aliphatic carbocycles. The molecule has 2 aliphatic heterocycles. The van der Waals surface area contributed by atoms with E-state index >= 15 is 0 Å². The SMILES string of the molecule is CC(C)(C)c1ccc2c(c1)N(c1ccc(-c3ccccc3)cc1)c1cc(-c3nc(-c4ccccc4)nc(-c4ccccc4)n3)cc3c1B2c1ccc(C(C)(C)C)cc1N3c1ccc(-c2ccccc2)cc1. The molecule has 5 nitrogen and oxygen atoms in total. The van der Waals surface area contributed by atoms with Crippen LogP contribution in [0.25, 0.3) is 56.4 Å². The molecule has 0 amide bonds. The molecule has 0 unspecified atom stereocenters. The Kier molecular flexibility index (Phi) is 10.7. The lowest BCUT2D eigenvalue weighted by Gasteiger charge is -2.45. The molecule has 12 rings (SSSR count). The van der Waals surface area contributed by atoms with Crippen LogP contribution in [0.1, 0.15) is 52.7 Å². The lowest BCUT2D eigenvalue weighted by Crippen LogP contribution is -2.61. The Morgan fingerprint density at radius 1 is 0.310 bits per heavy atom. The molecule has 0 spiro atoms. The quantitative estimate of drug-likeness (QED) is 0.149. The lowest BCUT2D eigenvalue weighted by molar-refractivity contribution is 0.590. The molecule has 3 heterocycles. The van der Waals surface area contributed by atoms with Crippen LogP contribution in [0.3, 0.4) is 0 Å². The Bertz CT molecular complexity index is 3350. The second-order valence-corrected chi connectivity index (χ2v) is 20.9. The maximum Gasteiger partial charge on any atom is 0.252 e. The second kappa shape index (κ2) is 17.3. The first-order valence-electron chi connectivity index (χ1n) is 24.7. The van der Waals surface area contributed by atoms with E-state index in [9.17, 15) is 0 Å². The normalized spacial score (nSPS) is 12.8. The molecule has 0 N–H and O–H groups in total. The van der Waals surface area contributed by atoms with Crippen LogP contribution in [0, 0.1) is 0 Å². The van der Waals surface area contributed by atoms with Crippen molar-refractivity contribution in [2.75, 3.05) is 9.80 Å². The number of aromatic nitrogens is 3. The van der Waals surface area contributed by atoms with E-state index in [0.717, 1.165) is 39.4 Å². The third-order valence-corrected chi connectivity index (χ3v) is 14.2. The molecule has 2 aliphatic rings. The summed E-state index contributed by atoms with van der Waals surface area (Å²) in [7, 11) is 0. The zero-order chi connectivity index (χ0) is 48.4. The van der Waals surface area contributed by atoms with Crippen molar-refractivity contribution in [2.45, 2.75) is 52.4 Å². The van der Waals surface area contributed by atoms with Gasteiger partial charge in [-0.15, -0.1) is 0 Å². The zero-order valence-electron chi connectivity index (χ0n) is 41.1. The van der Waals surface area contributed by atoms with Crippen LogP contribution in [-0.2, 0) is 10.8 Å². The average Bonchev–Trinajstić information content (AvgIpc) is 3.41. The van der Waals surface area contributed by atoms with E-state index in [1.165, 1.54) is 61.1 Å². The molecular weight excluding hydrogens is 862 g/mol. The van der Waals surface area contributed by atoms with Gasteiger partial charge in [-0.05, 0) is 109 Å². The Morgan fingerprint density at radius 2 is 0.634 bits per heavy atom. The minimum Gasteiger partial charge on any atom is -0.311 e. The fraction of sp³-hybridized carbons (Fsp3) is 0.123. The molecule has 0 atom stereocenters. The van der Waals surface area contributed by atoms with Crippen LogP contribution >= 0.6 is 0 Å². The number of rotatable bonds is 7. The van der Waals surface area contributed by atoms with E-state index < -0.39 is 0 Å². The van der Waals surface area contributed by atoms with Crippen molar-refractivity contribution in [3.8, 4) is 56.4 Å². The lowest BCUT2D eigenvalue weighted by atomic mass is 9.33. The van der Waals surface area contributed by atoms with Crippen LogP contribution < -0.4 is 26.2 Å². The summed E-state index contributed by atoms with van der Waals surface area (Å²) in [5.74, 6) is 1.86. The molecule has 0 fully saturated rings. The highest BCUT2D eigenvalue weighted by Gasteiger charge is 2.44. The first kappa shape index (κ1) is 43.9. The van der Waals surface area contributed by atoms with E-state index in [-0.39, 0.29) is 17.5 Å². The first-order chi connectivity index (χ1) is 34.5. The van der Waals surface area contributed by atoms with Gasteiger partial charge in [-0.1, -0.05) is 211 Å². The third kappa shape index (κ3) is 8.00. The van der Waals surface area contributed by atoms with Gasteiger partial charge < -0.3 is 9.80 Å². The van der Waals surface area contributed by atoms with Crippen LogP contribution in [-0.4, -0.2) is 21.7 Å².